The molecule has 2 heterocycles. The summed E-state index contributed by atoms with van der Waals surface area (Å²) in [5.74, 6) is 0.981. The molecule has 0 saturated carbocycles. The summed E-state index contributed by atoms with van der Waals surface area (Å²) >= 11 is 0. The number of hydrogen-bond donors (Lipinski definition) is 0. The average Bonchev–Trinajstić information content (AvgIpc) is 3.16. The predicted octanol–water partition coefficient (Wildman–Crippen LogP) is 6.15. The van der Waals surface area contributed by atoms with E-state index in [0.29, 0.717) is 0 Å². The van der Waals surface area contributed by atoms with Gasteiger partial charge in [-0.3, -0.25) is 4.99 Å². The van der Waals surface area contributed by atoms with Crippen LogP contribution in [0.4, 0.5) is 0 Å². The van der Waals surface area contributed by atoms with Crippen molar-refractivity contribution in [3.63, 3.8) is 0 Å². The lowest BCUT2D eigenvalue weighted by atomic mass is 10.0. The molecule has 0 aliphatic carbocycles. The fourth-order valence-corrected chi connectivity index (χ4v) is 3.83. The molecule has 3 aromatic rings. The largest absolute Gasteiger partial charge is 0.297 e. The molecule has 0 aliphatic rings. The van der Waals surface area contributed by atoms with Crippen molar-refractivity contribution in [1.82, 2.24) is 14.6 Å². The van der Waals surface area contributed by atoms with Crippen LogP contribution in [-0.4, -0.2) is 27.4 Å². The van der Waals surface area contributed by atoms with Crippen LogP contribution < -0.4 is 0 Å². The first-order chi connectivity index (χ1) is 14.1. The summed E-state index contributed by atoms with van der Waals surface area (Å²) in [4.78, 5) is 9.47. The zero-order valence-corrected chi connectivity index (χ0v) is 18.2. The predicted molar refractivity (Wildman–Crippen MR) is 125 cm³/mol. The fraction of sp³-hybridized carbons (Fsp3) is 0.400. The summed E-state index contributed by atoms with van der Waals surface area (Å²) < 4.78 is 2.01. The van der Waals surface area contributed by atoms with Gasteiger partial charge in [-0.15, -0.1) is 0 Å². The molecule has 1 aromatic carbocycles. The third kappa shape index (κ3) is 4.47. The molecule has 29 heavy (non-hydrogen) atoms. The van der Waals surface area contributed by atoms with Gasteiger partial charge in [-0.05, 0) is 62.6 Å². The van der Waals surface area contributed by atoms with Gasteiger partial charge in [-0.2, -0.15) is 5.10 Å². The Morgan fingerprint density at radius 1 is 1.28 bits per heavy atom. The lowest BCUT2D eigenvalue weighted by molar-refractivity contribution is 0.794. The Morgan fingerprint density at radius 2 is 2.10 bits per heavy atom. The second-order valence-electron chi connectivity index (χ2n) is 7.48. The fourth-order valence-electron chi connectivity index (χ4n) is 3.83. The van der Waals surface area contributed by atoms with E-state index in [-0.39, 0.29) is 0 Å². The van der Waals surface area contributed by atoms with Gasteiger partial charge in [-0.25, -0.2) is 9.50 Å². The Kier molecular flexibility index (Phi) is 6.97. The molecule has 0 radical (unpaired) electrons. The van der Waals surface area contributed by atoms with Crippen molar-refractivity contribution >= 4 is 28.7 Å². The van der Waals surface area contributed by atoms with Gasteiger partial charge in [0.1, 0.15) is 5.82 Å². The van der Waals surface area contributed by atoms with Crippen LogP contribution in [0.25, 0.3) is 22.5 Å². The molecule has 152 valence electrons. The molecule has 0 atom stereocenters. The summed E-state index contributed by atoms with van der Waals surface area (Å²) in [6.07, 6.45) is 13.0. The molecule has 3 rings (SSSR count). The van der Waals surface area contributed by atoms with Crippen molar-refractivity contribution in [2.75, 3.05) is 6.54 Å². The normalized spacial score (nSPS) is 12.5. The Morgan fingerprint density at radius 3 is 2.79 bits per heavy atom. The zero-order chi connectivity index (χ0) is 20.8. The molecule has 0 unspecified atom stereocenters. The number of rotatable bonds is 9. The SMILES string of the molecule is C=Cc1cnn2c(CC(=CCCC)CCN=CC)nc3cc(CC)c(C)cc3c12. The van der Waals surface area contributed by atoms with Gasteiger partial charge < -0.3 is 0 Å². The molecule has 0 amide bonds. The highest BCUT2D eigenvalue weighted by Crippen LogP contribution is 2.28. The van der Waals surface area contributed by atoms with Gasteiger partial charge in [0.15, 0.2) is 0 Å². The number of aliphatic imine (C=N–C) groups is 1. The number of nitrogens with zero attached hydrogens (tertiary/aromatic N) is 4. The third-order valence-corrected chi connectivity index (χ3v) is 5.45. The number of aryl methyl sites for hydroxylation is 2. The minimum Gasteiger partial charge on any atom is -0.297 e. The van der Waals surface area contributed by atoms with Gasteiger partial charge in [0.05, 0.1) is 17.2 Å². The monoisotopic (exact) mass is 388 g/mol. The number of aromatic nitrogens is 3. The van der Waals surface area contributed by atoms with Crippen LogP contribution in [0.3, 0.4) is 0 Å². The first kappa shape index (κ1) is 21.0. The minimum atomic E-state index is 0.791. The van der Waals surface area contributed by atoms with E-state index in [4.69, 9.17) is 4.98 Å². The van der Waals surface area contributed by atoms with Crippen LogP contribution in [0.2, 0.25) is 0 Å². The van der Waals surface area contributed by atoms with E-state index < -0.39 is 0 Å². The van der Waals surface area contributed by atoms with Crippen LogP contribution >= 0.6 is 0 Å². The van der Waals surface area contributed by atoms with Crippen LogP contribution in [0.15, 0.2) is 41.6 Å². The Balaban J connectivity index is 2.16. The van der Waals surface area contributed by atoms with E-state index in [0.717, 1.165) is 66.5 Å². The van der Waals surface area contributed by atoms with Crippen molar-refractivity contribution in [2.45, 2.75) is 59.8 Å². The number of unbranched alkanes of at least 4 members (excludes halogenated alkanes) is 1. The molecule has 0 fully saturated rings. The smallest absolute Gasteiger partial charge is 0.135 e. The van der Waals surface area contributed by atoms with Crippen molar-refractivity contribution in [1.29, 1.82) is 0 Å². The van der Waals surface area contributed by atoms with Gasteiger partial charge >= 0.3 is 0 Å². The van der Waals surface area contributed by atoms with E-state index >= 15 is 0 Å². The van der Waals surface area contributed by atoms with Crippen LogP contribution in [0, 0.1) is 6.92 Å². The van der Waals surface area contributed by atoms with Crippen LogP contribution in [0.5, 0.6) is 0 Å². The van der Waals surface area contributed by atoms with Crippen LogP contribution in [-0.2, 0) is 12.8 Å². The first-order valence-electron chi connectivity index (χ1n) is 10.7. The van der Waals surface area contributed by atoms with Gasteiger partial charge in [0.2, 0.25) is 0 Å². The summed E-state index contributed by atoms with van der Waals surface area (Å²) in [6.45, 7) is 13.4. The maximum atomic E-state index is 5.06. The topological polar surface area (TPSA) is 42.5 Å². The Labute approximate surface area is 174 Å². The van der Waals surface area contributed by atoms with E-state index in [2.05, 4.69) is 55.6 Å². The molecular formula is C25H32N4. The van der Waals surface area contributed by atoms with Crippen molar-refractivity contribution < 1.29 is 0 Å². The molecule has 0 N–H and O–H groups in total. The second kappa shape index (κ2) is 9.64. The molecule has 0 saturated heterocycles. The van der Waals surface area contributed by atoms with Crippen molar-refractivity contribution in [3.8, 4) is 0 Å². The quantitative estimate of drug-likeness (QED) is 0.326. The van der Waals surface area contributed by atoms with Crippen LogP contribution in [0.1, 0.15) is 62.5 Å². The second-order valence-corrected chi connectivity index (χ2v) is 7.48. The van der Waals surface area contributed by atoms with Crippen molar-refractivity contribution in [3.05, 3.63) is 59.1 Å². The highest BCUT2D eigenvalue weighted by Gasteiger charge is 2.15. The maximum Gasteiger partial charge on any atom is 0.135 e. The summed E-state index contributed by atoms with van der Waals surface area (Å²) in [5, 5.41) is 5.81. The summed E-state index contributed by atoms with van der Waals surface area (Å²) in [7, 11) is 0. The van der Waals surface area contributed by atoms with Crippen molar-refractivity contribution in [2.24, 2.45) is 4.99 Å². The summed E-state index contributed by atoms with van der Waals surface area (Å²) in [6, 6.07) is 4.49. The molecule has 0 spiro atoms. The number of hydrogen-bond acceptors (Lipinski definition) is 3. The molecule has 4 heteroatoms. The first-order valence-corrected chi connectivity index (χ1v) is 10.7. The molecule has 0 bridgehead atoms. The van der Waals surface area contributed by atoms with Gasteiger partial charge in [-0.1, -0.05) is 44.6 Å². The molecule has 4 nitrogen and oxygen atoms in total. The number of benzene rings is 1. The summed E-state index contributed by atoms with van der Waals surface area (Å²) in [5.41, 5.74) is 7.22. The van der Waals surface area contributed by atoms with E-state index in [1.807, 2.05) is 29.9 Å². The molecular weight excluding hydrogens is 356 g/mol. The molecule has 0 aliphatic heterocycles. The minimum absolute atomic E-state index is 0.791. The standard InChI is InChI=1S/C25H32N4/c1-6-10-11-19(12-13-26-9-4)15-24-28-23-16-20(7-2)18(5)14-22(23)25-21(8-3)17-27-29(24)25/h8-9,11,14,16-17H,3,6-7,10,12-13,15H2,1-2,4-5H3. The zero-order valence-electron chi connectivity index (χ0n) is 18.2. The molecule has 2 aromatic heterocycles. The highest BCUT2D eigenvalue weighted by molar-refractivity contribution is 5.98. The Bertz CT molecular complexity index is 1070. The van der Waals surface area contributed by atoms with Gasteiger partial charge in [0, 0.05) is 23.9 Å². The Hall–Kier alpha value is -2.75. The lowest BCUT2D eigenvalue weighted by Gasteiger charge is -2.13. The number of fused-ring (bicyclic) bond motifs is 3. The highest BCUT2D eigenvalue weighted by atomic mass is 15.3. The number of allylic oxidation sites excluding steroid dienone is 1. The lowest BCUT2D eigenvalue weighted by Crippen LogP contribution is -2.07. The third-order valence-electron chi connectivity index (χ3n) is 5.45. The van der Waals surface area contributed by atoms with E-state index in [1.165, 1.54) is 16.7 Å². The van der Waals surface area contributed by atoms with E-state index in [1.54, 1.807) is 0 Å². The van der Waals surface area contributed by atoms with Gasteiger partial charge in [0.25, 0.3) is 0 Å². The van der Waals surface area contributed by atoms with E-state index in [9.17, 15) is 0 Å². The maximum absolute atomic E-state index is 5.06. The average molecular weight is 389 g/mol.